The third-order valence-electron chi connectivity index (χ3n) is 3.91. The lowest BCUT2D eigenvalue weighted by Crippen LogP contribution is -2.17. The van der Waals surface area contributed by atoms with Crippen molar-refractivity contribution in [2.24, 2.45) is 5.10 Å². The highest BCUT2D eigenvalue weighted by molar-refractivity contribution is 14.1. The Morgan fingerprint density at radius 3 is 2.61 bits per heavy atom. The van der Waals surface area contributed by atoms with Crippen molar-refractivity contribution in [3.63, 3.8) is 0 Å². The van der Waals surface area contributed by atoms with Gasteiger partial charge in [-0.15, -0.1) is 0 Å². The van der Waals surface area contributed by atoms with Crippen LogP contribution in [0.3, 0.4) is 0 Å². The highest BCUT2D eigenvalue weighted by atomic mass is 127. The quantitative estimate of drug-likeness (QED) is 0.301. The summed E-state index contributed by atoms with van der Waals surface area (Å²) in [5, 5.41) is 4.08. The zero-order chi connectivity index (χ0) is 19.8. The number of halogens is 1. The van der Waals surface area contributed by atoms with Crippen molar-refractivity contribution >= 4 is 34.7 Å². The summed E-state index contributed by atoms with van der Waals surface area (Å²) in [5.41, 5.74) is 4.85. The summed E-state index contributed by atoms with van der Waals surface area (Å²) in [7, 11) is 1.59. The first-order valence-corrected chi connectivity index (χ1v) is 9.68. The SMILES string of the molecule is COc1cccc(/C=N\NC(=O)c2cccc(I)c2)c1OCc1ccccc1. The molecule has 0 spiro atoms. The van der Waals surface area contributed by atoms with Crippen LogP contribution in [0.25, 0.3) is 0 Å². The van der Waals surface area contributed by atoms with Crippen molar-refractivity contribution in [2.45, 2.75) is 6.61 Å². The zero-order valence-electron chi connectivity index (χ0n) is 15.3. The Balaban J connectivity index is 1.73. The molecule has 142 valence electrons. The van der Waals surface area contributed by atoms with Gasteiger partial charge in [-0.05, 0) is 58.5 Å². The number of hydrazone groups is 1. The smallest absolute Gasteiger partial charge is 0.271 e. The number of hydrogen-bond donors (Lipinski definition) is 1. The molecule has 3 rings (SSSR count). The number of carbonyl (C=O) groups excluding carboxylic acids is 1. The van der Waals surface area contributed by atoms with E-state index in [-0.39, 0.29) is 5.91 Å². The molecule has 0 atom stereocenters. The fraction of sp³-hybridized carbons (Fsp3) is 0.0909. The Bertz CT molecular complexity index is 975. The lowest BCUT2D eigenvalue weighted by molar-refractivity contribution is 0.0955. The molecule has 3 aromatic rings. The maximum Gasteiger partial charge on any atom is 0.271 e. The highest BCUT2D eigenvalue weighted by Gasteiger charge is 2.10. The summed E-state index contributed by atoms with van der Waals surface area (Å²) in [4.78, 5) is 12.2. The fourth-order valence-electron chi connectivity index (χ4n) is 2.53. The second kappa shape index (κ2) is 9.89. The molecular formula is C22H19IN2O3. The van der Waals surface area contributed by atoms with E-state index in [9.17, 15) is 4.79 Å². The molecule has 0 fully saturated rings. The second-order valence-electron chi connectivity index (χ2n) is 5.86. The third kappa shape index (κ3) is 5.32. The number of amides is 1. The van der Waals surface area contributed by atoms with E-state index in [1.54, 1.807) is 25.5 Å². The second-order valence-corrected chi connectivity index (χ2v) is 7.11. The first-order chi connectivity index (χ1) is 13.7. The van der Waals surface area contributed by atoms with Crippen LogP contribution < -0.4 is 14.9 Å². The molecule has 1 amide bonds. The number of nitrogens with zero attached hydrogens (tertiary/aromatic N) is 1. The summed E-state index contributed by atoms with van der Waals surface area (Å²) in [6.45, 7) is 0.400. The standard InChI is InChI=1S/C22H19IN2O3/c1-27-20-12-6-10-18(21(20)28-15-16-7-3-2-4-8-16)14-24-25-22(26)17-9-5-11-19(23)13-17/h2-14H,15H2,1H3,(H,25,26)/b24-14-. The molecule has 0 aliphatic rings. The Morgan fingerprint density at radius 1 is 1.07 bits per heavy atom. The van der Waals surface area contributed by atoms with Crippen LogP contribution >= 0.6 is 22.6 Å². The molecule has 0 aliphatic heterocycles. The van der Waals surface area contributed by atoms with Crippen LogP contribution in [0.15, 0.2) is 77.9 Å². The fourth-order valence-corrected chi connectivity index (χ4v) is 3.08. The van der Waals surface area contributed by atoms with Crippen LogP contribution in [-0.4, -0.2) is 19.2 Å². The first-order valence-electron chi connectivity index (χ1n) is 8.60. The summed E-state index contributed by atoms with van der Waals surface area (Å²) < 4.78 is 12.4. The molecule has 1 N–H and O–H groups in total. The lowest BCUT2D eigenvalue weighted by Gasteiger charge is -2.13. The van der Waals surface area contributed by atoms with Crippen LogP contribution in [0.1, 0.15) is 21.5 Å². The topological polar surface area (TPSA) is 59.9 Å². The molecule has 5 nitrogen and oxygen atoms in total. The van der Waals surface area contributed by atoms with Gasteiger partial charge < -0.3 is 9.47 Å². The number of para-hydroxylation sites is 1. The predicted molar refractivity (Wildman–Crippen MR) is 118 cm³/mol. The normalized spacial score (nSPS) is 10.6. The molecule has 0 saturated carbocycles. The Kier molecular flexibility index (Phi) is 7.02. The molecule has 28 heavy (non-hydrogen) atoms. The predicted octanol–water partition coefficient (Wildman–Crippen LogP) is 4.64. The van der Waals surface area contributed by atoms with Gasteiger partial charge in [0, 0.05) is 14.7 Å². The van der Waals surface area contributed by atoms with Crippen LogP contribution in [0.2, 0.25) is 0 Å². The number of benzene rings is 3. The van der Waals surface area contributed by atoms with E-state index in [2.05, 4.69) is 33.1 Å². The van der Waals surface area contributed by atoms with Gasteiger partial charge >= 0.3 is 0 Å². The van der Waals surface area contributed by atoms with E-state index in [0.29, 0.717) is 29.2 Å². The number of rotatable bonds is 7. The molecule has 3 aromatic carbocycles. The van der Waals surface area contributed by atoms with E-state index >= 15 is 0 Å². The molecule has 0 radical (unpaired) electrons. The van der Waals surface area contributed by atoms with Crippen molar-refractivity contribution in [3.8, 4) is 11.5 Å². The number of carbonyl (C=O) groups is 1. The molecule has 0 aromatic heterocycles. The largest absolute Gasteiger partial charge is 0.493 e. The summed E-state index contributed by atoms with van der Waals surface area (Å²) in [5.74, 6) is 0.898. The Hall–Kier alpha value is -2.87. The van der Waals surface area contributed by atoms with Gasteiger partial charge in [0.2, 0.25) is 0 Å². The van der Waals surface area contributed by atoms with Gasteiger partial charge in [-0.3, -0.25) is 4.79 Å². The highest BCUT2D eigenvalue weighted by Crippen LogP contribution is 2.30. The van der Waals surface area contributed by atoms with E-state index in [1.165, 1.54) is 0 Å². The van der Waals surface area contributed by atoms with E-state index in [4.69, 9.17) is 9.47 Å². The van der Waals surface area contributed by atoms with E-state index in [0.717, 1.165) is 9.13 Å². The Labute approximate surface area is 177 Å². The van der Waals surface area contributed by atoms with Crippen LogP contribution in [-0.2, 0) is 6.61 Å². The van der Waals surface area contributed by atoms with Crippen LogP contribution in [0, 0.1) is 3.57 Å². The number of nitrogens with one attached hydrogen (secondary N) is 1. The monoisotopic (exact) mass is 486 g/mol. The van der Waals surface area contributed by atoms with Gasteiger partial charge in [0.05, 0.1) is 13.3 Å². The van der Waals surface area contributed by atoms with Gasteiger partial charge in [0.1, 0.15) is 6.61 Å². The minimum Gasteiger partial charge on any atom is -0.493 e. The Morgan fingerprint density at radius 2 is 1.86 bits per heavy atom. The van der Waals surface area contributed by atoms with Gasteiger partial charge in [0.15, 0.2) is 11.5 Å². The summed E-state index contributed by atoms with van der Waals surface area (Å²) in [6.07, 6.45) is 1.55. The molecule has 0 aliphatic carbocycles. The molecule has 6 heteroatoms. The minimum absolute atomic E-state index is 0.274. The van der Waals surface area contributed by atoms with Crippen LogP contribution in [0.5, 0.6) is 11.5 Å². The summed E-state index contributed by atoms with van der Waals surface area (Å²) in [6, 6.07) is 22.7. The van der Waals surface area contributed by atoms with Gasteiger partial charge in [0.25, 0.3) is 5.91 Å². The van der Waals surface area contributed by atoms with Crippen molar-refractivity contribution < 1.29 is 14.3 Å². The van der Waals surface area contributed by atoms with Gasteiger partial charge in [-0.25, -0.2) is 5.43 Å². The molecule has 0 bridgehead atoms. The van der Waals surface area contributed by atoms with Crippen molar-refractivity contribution in [2.75, 3.05) is 7.11 Å². The van der Waals surface area contributed by atoms with Crippen molar-refractivity contribution in [1.82, 2.24) is 5.43 Å². The molecule has 0 heterocycles. The summed E-state index contributed by atoms with van der Waals surface area (Å²) >= 11 is 2.16. The van der Waals surface area contributed by atoms with Crippen LogP contribution in [0.4, 0.5) is 0 Å². The lowest BCUT2D eigenvalue weighted by atomic mass is 10.2. The first kappa shape index (κ1) is 19.9. The number of hydrogen-bond acceptors (Lipinski definition) is 4. The minimum atomic E-state index is -0.274. The average molecular weight is 486 g/mol. The maximum absolute atomic E-state index is 12.2. The number of ether oxygens (including phenoxy) is 2. The van der Waals surface area contributed by atoms with E-state index < -0.39 is 0 Å². The van der Waals surface area contributed by atoms with E-state index in [1.807, 2.05) is 60.7 Å². The van der Waals surface area contributed by atoms with Crippen molar-refractivity contribution in [1.29, 1.82) is 0 Å². The maximum atomic E-state index is 12.2. The van der Waals surface area contributed by atoms with Crippen molar-refractivity contribution in [3.05, 3.63) is 93.1 Å². The van der Waals surface area contributed by atoms with Gasteiger partial charge in [-0.1, -0.05) is 42.5 Å². The zero-order valence-corrected chi connectivity index (χ0v) is 17.4. The number of methoxy groups -OCH3 is 1. The third-order valence-corrected chi connectivity index (χ3v) is 4.58. The molecule has 0 unspecified atom stereocenters. The molecular weight excluding hydrogens is 467 g/mol. The average Bonchev–Trinajstić information content (AvgIpc) is 2.73. The van der Waals surface area contributed by atoms with Gasteiger partial charge in [-0.2, -0.15) is 5.10 Å². The molecule has 0 saturated heterocycles.